The van der Waals surface area contributed by atoms with Crippen LogP contribution in [-0.4, -0.2) is 27.8 Å². The molecule has 0 bridgehead atoms. The number of rotatable bonds is 5. The number of aliphatic imine (C=N–C) groups is 1. The zero-order valence-corrected chi connectivity index (χ0v) is 18.1. The molecule has 0 radical (unpaired) electrons. The predicted molar refractivity (Wildman–Crippen MR) is 131 cm³/mol. The number of hydrogen-bond donors (Lipinski definition) is 1. The second-order valence-corrected chi connectivity index (χ2v) is 8.26. The van der Waals surface area contributed by atoms with Crippen LogP contribution in [0.5, 0.6) is 0 Å². The third-order valence-electron chi connectivity index (χ3n) is 5.05. The fraction of sp³-hybridized carbons (Fsp3) is 0. The first-order valence-corrected chi connectivity index (χ1v) is 11.0. The van der Waals surface area contributed by atoms with Crippen LogP contribution < -0.4 is 4.90 Å². The van der Waals surface area contributed by atoms with Crippen LogP contribution >= 0.6 is 11.3 Å². The van der Waals surface area contributed by atoms with Gasteiger partial charge in [-0.1, -0.05) is 84.2 Å². The number of aromatic carboxylic acids is 1. The summed E-state index contributed by atoms with van der Waals surface area (Å²) in [5.41, 5.74) is 2.90. The Hall–Kier alpha value is -4.36. The van der Waals surface area contributed by atoms with Crippen molar-refractivity contribution in [2.75, 3.05) is 4.90 Å². The summed E-state index contributed by atoms with van der Waals surface area (Å²) in [6.07, 6.45) is 5.40. The number of benzene rings is 3. The van der Waals surface area contributed by atoms with Crippen LogP contribution in [0.2, 0.25) is 0 Å². The molecule has 2 heterocycles. The molecule has 7 heteroatoms. The Morgan fingerprint density at radius 3 is 2.42 bits per heavy atom. The molecule has 3 aromatic carbocycles. The lowest BCUT2D eigenvalue weighted by Gasteiger charge is -2.14. The Morgan fingerprint density at radius 1 is 0.970 bits per heavy atom. The molecule has 0 saturated carbocycles. The predicted octanol–water partition coefficient (Wildman–Crippen LogP) is 5.39. The van der Waals surface area contributed by atoms with Crippen LogP contribution in [0.3, 0.4) is 0 Å². The number of amides is 1. The van der Waals surface area contributed by atoms with Gasteiger partial charge in [0.1, 0.15) is 11.5 Å². The van der Waals surface area contributed by atoms with Crippen molar-refractivity contribution < 1.29 is 14.7 Å². The lowest BCUT2D eigenvalue weighted by molar-refractivity contribution is -0.113. The number of carbonyl (C=O) groups is 2. The van der Waals surface area contributed by atoms with Gasteiger partial charge in [0, 0.05) is 5.56 Å². The minimum Gasteiger partial charge on any atom is -0.478 e. The van der Waals surface area contributed by atoms with Crippen LogP contribution in [0.15, 0.2) is 102 Å². The van der Waals surface area contributed by atoms with Crippen molar-refractivity contribution in [3.8, 4) is 0 Å². The van der Waals surface area contributed by atoms with Gasteiger partial charge >= 0.3 is 5.97 Å². The van der Waals surface area contributed by atoms with E-state index in [-0.39, 0.29) is 11.5 Å². The molecule has 5 rings (SSSR count). The summed E-state index contributed by atoms with van der Waals surface area (Å²) in [5, 5.41) is 9.72. The summed E-state index contributed by atoms with van der Waals surface area (Å²) < 4.78 is 0.687. The lowest BCUT2D eigenvalue weighted by atomic mass is 10.2. The van der Waals surface area contributed by atoms with E-state index < -0.39 is 5.97 Å². The quantitative estimate of drug-likeness (QED) is 0.413. The molecule has 1 aliphatic rings. The zero-order valence-electron chi connectivity index (χ0n) is 17.3. The van der Waals surface area contributed by atoms with E-state index in [2.05, 4.69) is 9.98 Å². The summed E-state index contributed by atoms with van der Waals surface area (Å²) in [7, 11) is 0. The molecule has 0 aliphatic carbocycles. The van der Waals surface area contributed by atoms with Gasteiger partial charge in [-0.15, -0.1) is 0 Å². The van der Waals surface area contributed by atoms with E-state index in [4.69, 9.17) is 0 Å². The third-order valence-corrected chi connectivity index (χ3v) is 6.05. The Labute approximate surface area is 193 Å². The highest BCUT2D eigenvalue weighted by Gasteiger charge is 2.34. The minimum absolute atomic E-state index is 0.175. The Kier molecular flexibility index (Phi) is 5.38. The van der Waals surface area contributed by atoms with Gasteiger partial charge in [-0.3, -0.25) is 4.79 Å². The summed E-state index contributed by atoms with van der Waals surface area (Å²) in [6.45, 7) is 0. The number of thiazole rings is 1. The number of allylic oxidation sites excluding steroid dienone is 2. The number of carboxylic acid groups (broad SMARTS) is 1. The van der Waals surface area contributed by atoms with Crippen LogP contribution in [0.4, 0.5) is 5.13 Å². The second kappa shape index (κ2) is 8.64. The average molecular weight is 452 g/mol. The molecule has 0 fully saturated rings. The SMILES string of the molecule is O=C(O)c1ccc2nc(N3C(=O)C(=CC=Cc4ccccc4)N=C3c3ccccc3)sc2c1. The standard InChI is InChI=1S/C26H17N3O3S/c30-24-21(13-7-10-17-8-3-1-4-9-17)27-23(18-11-5-2-6-12-18)29(24)26-28-20-15-14-19(25(31)32)16-22(20)33-26/h1-16H,(H,31,32). The molecule has 0 unspecified atom stereocenters. The maximum absolute atomic E-state index is 13.4. The highest BCUT2D eigenvalue weighted by molar-refractivity contribution is 7.22. The molecular weight excluding hydrogens is 434 g/mol. The highest BCUT2D eigenvalue weighted by atomic mass is 32.1. The Bertz CT molecular complexity index is 1450. The molecule has 1 aliphatic heterocycles. The molecule has 6 nitrogen and oxygen atoms in total. The number of anilines is 1. The first-order chi connectivity index (χ1) is 16.1. The number of hydrogen-bond acceptors (Lipinski definition) is 5. The van der Waals surface area contributed by atoms with E-state index in [1.807, 2.05) is 66.7 Å². The van der Waals surface area contributed by atoms with Gasteiger partial charge < -0.3 is 5.11 Å². The van der Waals surface area contributed by atoms with Gasteiger partial charge in [0.2, 0.25) is 0 Å². The van der Waals surface area contributed by atoms with E-state index in [1.165, 1.54) is 22.3 Å². The molecular formula is C26H17N3O3S. The zero-order chi connectivity index (χ0) is 22.8. The maximum Gasteiger partial charge on any atom is 0.335 e. The van der Waals surface area contributed by atoms with Crippen molar-refractivity contribution in [2.45, 2.75) is 0 Å². The lowest BCUT2D eigenvalue weighted by Crippen LogP contribution is -2.32. The monoisotopic (exact) mass is 451 g/mol. The van der Waals surface area contributed by atoms with Crippen molar-refractivity contribution in [1.29, 1.82) is 0 Å². The van der Waals surface area contributed by atoms with Crippen LogP contribution in [0.1, 0.15) is 21.5 Å². The van der Waals surface area contributed by atoms with Crippen molar-refractivity contribution in [3.05, 3.63) is 113 Å². The summed E-state index contributed by atoms with van der Waals surface area (Å²) in [4.78, 5) is 35.4. The van der Waals surface area contributed by atoms with E-state index in [9.17, 15) is 14.7 Å². The topological polar surface area (TPSA) is 82.9 Å². The summed E-state index contributed by atoms with van der Waals surface area (Å²) in [5.74, 6) is -0.812. The molecule has 0 spiro atoms. The normalized spacial score (nSPS) is 15.0. The van der Waals surface area contributed by atoms with Crippen LogP contribution in [-0.2, 0) is 4.79 Å². The number of carboxylic acids is 1. The van der Waals surface area contributed by atoms with E-state index in [0.717, 1.165) is 11.1 Å². The Balaban J connectivity index is 1.55. The maximum atomic E-state index is 13.4. The number of aromatic nitrogens is 1. The first kappa shape index (κ1) is 20.5. The number of fused-ring (bicyclic) bond motifs is 1. The van der Waals surface area contributed by atoms with Crippen molar-refractivity contribution >= 4 is 50.5 Å². The largest absolute Gasteiger partial charge is 0.478 e. The second-order valence-electron chi connectivity index (χ2n) is 7.25. The van der Waals surface area contributed by atoms with Crippen molar-refractivity contribution in [1.82, 2.24) is 4.98 Å². The molecule has 1 N–H and O–H groups in total. The Morgan fingerprint density at radius 2 is 1.70 bits per heavy atom. The van der Waals surface area contributed by atoms with Gasteiger partial charge in [-0.05, 0) is 29.8 Å². The molecule has 33 heavy (non-hydrogen) atoms. The fourth-order valence-corrected chi connectivity index (χ4v) is 4.45. The van der Waals surface area contributed by atoms with Gasteiger partial charge in [0.15, 0.2) is 5.13 Å². The first-order valence-electron chi connectivity index (χ1n) is 10.2. The smallest absolute Gasteiger partial charge is 0.335 e. The van der Waals surface area contributed by atoms with Gasteiger partial charge in [-0.2, -0.15) is 0 Å². The number of amidine groups is 1. The van der Waals surface area contributed by atoms with E-state index in [0.29, 0.717) is 26.9 Å². The van der Waals surface area contributed by atoms with E-state index in [1.54, 1.807) is 24.3 Å². The number of carbonyl (C=O) groups excluding carboxylic acids is 1. The fourth-order valence-electron chi connectivity index (χ4n) is 3.45. The minimum atomic E-state index is -1.01. The molecule has 0 atom stereocenters. The third kappa shape index (κ3) is 4.09. The molecule has 1 amide bonds. The van der Waals surface area contributed by atoms with Gasteiger partial charge in [0.05, 0.1) is 15.8 Å². The molecule has 160 valence electrons. The van der Waals surface area contributed by atoms with Gasteiger partial charge in [-0.25, -0.2) is 19.7 Å². The van der Waals surface area contributed by atoms with Crippen LogP contribution in [0.25, 0.3) is 16.3 Å². The van der Waals surface area contributed by atoms with Crippen LogP contribution in [0, 0.1) is 0 Å². The average Bonchev–Trinajstić information content (AvgIpc) is 3.40. The highest BCUT2D eigenvalue weighted by Crippen LogP contribution is 2.34. The molecule has 0 saturated heterocycles. The van der Waals surface area contributed by atoms with Crippen molar-refractivity contribution in [2.24, 2.45) is 4.99 Å². The molecule has 4 aromatic rings. The molecule has 1 aromatic heterocycles. The van der Waals surface area contributed by atoms with Crippen molar-refractivity contribution in [3.63, 3.8) is 0 Å². The van der Waals surface area contributed by atoms with Gasteiger partial charge in [0.25, 0.3) is 5.91 Å². The number of nitrogens with zero attached hydrogens (tertiary/aromatic N) is 3. The summed E-state index contributed by atoms with van der Waals surface area (Å²) in [6, 6.07) is 24.0. The summed E-state index contributed by atoms with van der Waals surface area (Å²) >= 11 is 1.26. The van der Waals surface area contributed by atoms with E-state index >= 15 is 0 Å².